The fourth-order valence-electron chi connectivity index (χ4n) is 1.60. The first-order chi connectivity index (χ1) is 9.29. The van der Waals surface area contributed by atoms with Crippen LogP contribution in [0.1, 0.15) is 30.3 Å². The molecule has 0 unspecified atom stereocenters. The molecule has 0 aromatic carbocycles. The highest BCUT2D eigenvalue weighted by Crippen LogP contribution is 2.28. The summed E-state index contributed by atoms with van der Waals surface area (Å²) >= 11 is 0. The van der Waals surface area contributed by atoms with Gasteiger partial charge in [0.15, 0.2) is 0 Å². The Bertz CT molecular complexity index is 421. The average molecular weight is 264 g/mol. The van der Waals surface area contributed by atoms with Crippen molar-refractivity contribution in [2.24, 2.45) is 5.92 Å². The second kappa shape index (κ2) is 7.04. The van der Waals surface area contributed by atoms with Crippen LogP contribution in [0, 0.1) is 5.92 Å². The minimum Gasteiger partial charge on any atom is -0.379 e. The second-order valence-corrected chi connectivity index (χ2v) is 4.59. The van der Waals surface area contributed by atoms with Gasteiger partial charge in [0.05, 0.1) is 19.0 Å². The van der Waals surface area contributed by atoms with Crippen molar-refractivity contribution in [1.29, 1.82) is 0 Å². The molecule has 1 fully saturated rings. The van der Waals surface area contributed by atoms with Crippen LogP contribution in [0.3, 0.4) is 0 Å². The molecule has 19 heavy (non-hydrogen) atoms. The molecule has 1 aromatic rings. The van der Waals surface area contributed by atoms with Crippen LogP contribution in [-0.2, 0) is 4.74 Å². The Kier molecular flexibility index (Phi) is 5.09. The number of carbonyl (C=O) groups is 1. The van der Waals surface area contributed by atoms with Crippen molar-refractivity contribution in [3.63, 3.8) is 0 Å². The Morgan fingerprint density at radius 1 is 1.47 bits per heavy atom. The van der Waals surface area contributed by atoms with E-state index in [0.29, 0.717) is 24.7 Å². The normalized spacial score (nSPS) is 14.2. The molecule has 6 nitrogen and oxygen atoms in total. The number of carbonyl (C=O) groups excluding carboxylic acids is 1. The number of nitrogens with one attached hydrogen (secondary N) is 2. The minimum absolute atomic E-state index is 0.220. The van der Waals surface area contributed by atoms with Crippen molar-refractivity contribution >= 4 is 11.7 Å². The largest absolute Gasteiger partial charge is 0.379 e. The molecule has 1 saturated carbocycles. The fourth-order valence-corrected chi connectivity index (χ4v) is 1.60. The van der Waals surface area contributed by atoms with Gasteiger partial charge in [-0.25, -0.2) is 4.98 Å². The fraction of sp³-hybridized carbons (Fsp3) is 0.615. The topological polar surface area (TPSA) is 76.1 Å². The molecule has 1 aliphatic rings. The lowest BCUT2D eigenvalue weighted by molar-refractivity contribution is 0.0901. The van der Waals surface area contributed by atoms with Crippen molar-refractivity contribution < 1.29 is 9.53 Å². The Labute approximate surface area is 113 Å². The van der Waals surface area contributed by atoms with Crippen LogP contribution in [0.5, 0.6) is 0 Å². The maximum Gasteiger partial charge on any atom is 0.271 e. The maximum atomic E-state index is 11.8. The van der Waals surface area contributed by atoms with Crippen LogP contribution < -0.4 is 10.6 Å². The summed E-state index contributed by atoms with van der Waals surface area (Å²) in [5, 5.41) is 5.79. The summed E-state index contributed by atoms with van der Waals surface area (Å²) < 4.78 is 5.44. The van der Waals surface area contributed by atoms with Gasteiger partial charge in [0.1, 0.15) is 11.5 Å². The number of nitrogens with zero attached hydrogens (tertiary/aromatic N) is 2. The van der Waals surface area contributed by atoms with Crippen molar-refractivity contribution in [3.8, 4) is 0 Å². The van der Waals surface area contributed by atoms with Gasteiger partial charge in [-0.15, -0.1) is 0 Å². The molecule has 2 rings (SSSR count). The highest BCUT2D eigenvalue weighted by Gasteiger charge is 2.20. The van der Waals surface area contributed by atoms with Crippen molar-refractivity contribution in [2.75, 3.05) is 31.6 Å². The maximum absolute atomic E-state index is 11.8. The first-order valence-electron chi connectivity index (χ1n) is 6.71. The number of ether oxygens (including phenoxy) is 1. The molecule has 0 bridgehead atoms. The molecule has 1 amide bonds. The molecule has 6 heteroatoms. The highest BCUT2D eigenvalue weighted by molar-refractivity contribution is 5.92. The standard InChI is InChI=1S/C13H20N4O2/c1-2-15-12-8-14-7-11(17-12)13(18)16-5-6-19-9-10-3-4-10/h7-8,10H,2-6,9H2,1H3,(H,15,17)(H,16,18). The predicted octanol–water partition coefficient (Wildman–Crippen LogP) is 1.06. The Balaban J connectivity index is 1.70. The average Bonchev–Trinajstić information content (AvgIpc) is 3.23. The molecule has 0 saturated heterocycles. The molecule has 1 aromatic heterocycles. The van der Waals surface area contributed by atoms with Crippen LogP contribution in [0.4, 0.5) is 5.82 Å². The van der Waals surface area contributed by atoms with E-state index in [2.05, 4.69) is 20.6 Å². The van der Waals surface area contributed by atoms with Gasteiger partial charge in [0.25, 0.3) is 5.91 Å². The molecule has 1 heterocycles. The van der Waals surface area contributed by atoms with Crippen molar-refractivity contribution in [2.45, 2.75) is 19.8 Å². The quantitative estimate of drug-likeness (QED) is 0.687. The van der Waals surface area contributed by atoms with Crippen molar-refractivity contribution in [3.05, 3.63) is 18.1 Å². The highest BCUT2D eigenvalue weighted by atomic mass is 16.5. The monoisotopic (exact) mass is 264 g/mol. The van der Waals surface area contributed by atoms with Gasteiger partial charge in [0, 0.05) is 19.7 Å². The van der Waals surface area contributed by atoms with Gasteiger partial charge in [-0.1, -0.05) is 0 Å². The van der Waals surface area contributed by atoms with Gasteiger partial charge >= 0.3 is 0 Å². The predicted molar refractivity (Wildman–Crippen MR) is 72.1 cm³/mol. The van der Waals surface area contributed by atoms with Crippen LogP contribution >= 0.6 is 0 Å². The summed E-state index contributed by atoms with van der Waals surface area (Å²) in [5.41, 5.74) is 0.320. The second-order valence-electron chi connectivity index (χ2n) is 4.59. The van der Waals surface area contributed by atoms with Gasteiger partial charge in [-0.2, -0.15) is 0 Å². The van der Waals surface area contributed by atoms with E-state index in [1.54, 1.807) is 6.20 Å². The summed E-state index contributed by atoms with van der Waals surface area (Å²) in [7, 11) is 0. The van der Waals surface area contributed by atoms with Gasteiger partial charge in [0.2, 0.25) is 0 Å². The van der Waals surface area contributed by atoms with E-state index in [9.17, 15) is 4.79 Å². The van der Waals surface area contributed by atoms with Gasteiger partial charge in [-0.05, 0) is 25.7 Å². The summed E-state index contributed by atoms with van der Waals surface area (Å²) in [5.74, 6) is 1.14. The Morgan fingerprint density at radius 2 is 2.32 bits per heavy atom. The molecule has 0 atom stereocenters. The molecule has 2 N–H and O–H groups in total. The first kappa shape index (κ1) is 13.7. The number of hydrogen-bond acceptors (Lipinski definition) is 5. The number of anilines is 1. The van der Waals surface area contributed by atoms with Crippen molar-refractivity contribution in [1.82, 2.24) is 15.3 Å². The molecule has 0 spiro atoms. The number of rotatable bonds is 8. The first-order valence-corrected chi connectivity index (χ1v) is 6.71. The van der Waals surface area contributed by atoms with Crippen LogP contribution in [-0.4, -0.2) is 42.2 Å². The van der Waals surface area contributed by atoms with Gasteiger partial charge in [-0.3, -0.25) is 9.78 Å². The lowest BCUT2D eigenvalue weighted by atomic mass is 10.4. The van der Waals surface area contributed by atoms with E-state index in [1.165, 1.54) is 19.0 Å². The van der Waals surface area contributed by atoms with E-state index in [-0.39, 0.29) is 5.91 Å². The number of aromatic nitrogens is 2. The van der Waals surface area contributed by atoms with E-state index in [4.69, 9.17) is 4.74 Å². The molecule has 0 aliphatic heterocycles. The third kappa shape index (κ3) is 4.82. The lowest BCUT2D eigenvalue weighted by Crippen LogP contribution is -2.28. The molecule has 104 valence electrons. The lowest BCUT2D eigenvalue weighted by Gasteiger charge is -2.07. The summed E-state index contributed by atoms with van der Waals surface area (Å²) in [6, 6.07) is 0. The zero-order valence-corrected chi connectivity index (χ0v) is 11.2. The van der Waals surface area contributed by atoms with Gasteiger partial charge < -0.3 is 15.4 Å². The summed E-state index contributed by atoms with van der Waals surface area (Å²) in [4.78, 5) is 20.0. The molecular weight excluding hydrogens is 244 g/mol. The van der Waals surface area contributed by atoms with Crippen LogP contribution in [0.2, 0.25) is 0 Å². The molecular formula is C13H20N4O2. The summed E-state index contributed by atoms with van der Waals surface area (Å²) in [6.45, 7) is 4.56. The zero-order chi connectivity index (χ0) is 13.5. The van der Waals surface area contributed by atoms with Crippen LogP contribution in [0.25, 0.3) is 0 Å². The van der Waals surface area contributed by atoms with E-state index < -0.39 is 0 Å². The molecule has 1 aliphatic carbocycles. The Morgan fingerprint density at radius 3 is 3.05 bits per heavy atom. The number of amides is 1. The van der Waals surface area contributed by atoms with E-state index >= 15 is 0 Å². The third-order valence-electron chi connectivity index (χ3n) is 2.81. The Hall–Kier alpha value is -1.69. The van der Waals surface area contributed by atoms with Crippen LogP contribution in [0.15, 0.2) is 12.4 Å². The SMILES string of the molecule is CCNc1cncc(C(=O)NCCOCC2CC2)n1. The molecule has 0 radical (unpaired) electrons. The summed E-state index contributed by atoms with van der Waals surface area (Å²) in [6.07, 6.45) is 5.61. The third-order valence-corrected chi connectivity index (χ3v) is 2.81. The minimum atomic E-state index is -0.220. The van der Waals surface area contributed by atoms with E-state index in [0.717, 1.165) is 19.1 Å². The smallest absolute Gasteiger partial charge is 0.271 e. The zero-order valence-electron chi connectivity index (χ0n) is 11.2. The number of hydrogen-bond donors (Lipinski definition) is 2. The van der Waals surface area contributed by atoms with E-state index in [1.807, 2.05) is 6.92 Å².